The van der Waals surface area contributed by atoms with Gasteiger partial charge in [0.05, 0.1) is 6.61 Å². The van der Waals surface area contributed by atoms with E-state index in [0.717, 1.165) is 17.8 Å². The molecule has 1 N–H and O–H groups in total. The molecule has 0 fully saturated rings. The molecule has 0 saturated carbocycles. The van der Waals surface area contributed by atoms with E-state index in [1.165, 1.54) is 96.0 Å². The summed E-state index contributed by atoms with van der Waals surface area (Å²) in [5.41, 5.74) is 2.10. The first kappa shape index (κ1) is 28.0. The van der Waals surface area contributed by atoms with E-state index < -0.39 is 0 Å². The molecule has 0 aromatic heterocycles. The zero-order valence-corrected chi connectivity index (χ0v) is 20.7. The van der Waals surface area contributed by atoms with Crippen molar-refractivity contribution in [1.29, 1.82) is 0 Å². The van der Waals surface area contributed by atoms with Gasteiger partial charge in [-0.1, -0.05) is 89.0 Å². The SMILES string of the molecule is CCCCCCCC/C=C/CCCCCCCCNc1cccc(/C=C/C(=O)OCC)c1. The number of carbonyl (C=O) groups is 1. The first-order valence-corrected chi connectivity index (χ1v) is 13.1. The molecule has 0 aliphatic carbocycles. The Labute approximate surface area is 197 Å². The number of ether oxygens (including phenoxy) is 1. The van der Waals surface area contributed by atoms with Crippen LogP contribution in [0.3, 0.4) is 0 Å². The molecule has 1 aromatic carbocycles. The predicted octanol–water partition coefficient (Wildman–Crippen LogP) is 8.71. The van der Waals surface area contributed by atoms with Crippen LogP contribution in [0.5, 0.6) is 0 Å². The number of esters is 1. The van der Waals surface area contributed by atoms with Crippen molar-refractivity contribution >= 4 is 17.7 Å². The van der Waals surface area contributed by atoms with Gasteiger partial charge in [0.15, 0.2) is 0 Å². The molecule has 0 unspecified atom stereocenters. The molecule has 3 heteroatoms. The quantitative estimate of drug-likeness (QED) is 0.0951. The van der Waals surface area contributed by atoms with Crippen molar-refractivity contribution in [1.82, 2.24) is 0 Å². The molecule has 1 rings (SSSR count). The Morgan fingerprint density at radius 1 is 0.844 bits per heavy atom. The van der Waals surface area contributed by atoms with E-state index in [1.54, 1.807) is 6.08 Å². The van der Waals surface area contributed by atoms with Gasteiger partial charge < -0.3 is 10.1 Å². The van der Waals surface area contributed by atoms with Crippen molar-refractivity contribution in [3.63, 3.8) is 0 Å². The lowest BCUT2D eigenvalue weighted by Gasteiger charge is -2.07. The Kier molecular flexibility index (Phi) is 18.2. The van der Waals surface area contributed by atoms with Crippen LogP contribution in [-0.4, -0.2) is 19.1 Å². The van der Waals surface area contributed by atoms with Crippen molar-refractivity contribution in [3.05, 3.63) is 48.1 Å². The molecule has 0 amide bonds. The summed E-state index contributed by atoms with van der Waals surface area (Å²) in [6.45, 7) is 5.48. The van der Waals surface area contributed by atoms with Crippen LogP contribution in [0.4, 0.5) is 5.69 Å². The molecule has 180 valence electrons. The molecule has 0 radical (unpaired) electrons. The van der Waals surface area contributed by atoms with Crippen molar-refractivity contribution in [2.24, 2.45) is 0 Å². The minimum atomic E-state index is -0.296. The molecule has 3 nitrogen and oxygen atoms in total. The third kappa shape index (κ3) is 16.6. The molecule has 0 atom stereocenters. The van der Waals surface area contributed by atoms with Crippen molar-refractivity contribution in [3.8, 4) is 0 Å². The topological polar surface area (TPSA) is 38.3 Å². The maximum atomic E-state index is 11.4. The third-order valence-corrected chi connectivity index (χ3v) is 5.60. The normalized spacial score (nSPS) is 11.4. The van der Waals surface area contributed by atoms with E-state index in [1.807, 2.05) is 19.1 Å². The largest absolute Gasteiger partial charge is 0.463 e. The summed E-state index contributed by atoms with van der Waals surface area (Å²) in [6, 6.07) is 8.14. The minimum absolute atomic E-state index is 0.296. The number of allylic oxidation sites excluding steroid dienone is 2. The third-order valence-electron chi connectivity index (χ3n) is 5.60. The van der Waals surface area contributed by atoms with Gasteiger partial charge in [-0.2, -0.15) is 0 Å². The summed E-state index contributed by atoms with van der Waals surface area (Å²) in [6.07, 6.45) is 26.7. The molecular formula is C29H47NO2. The van der Waals surface area contributed by atoms with Crippen molar-refractivity contribution < 1.29 is 9.53 Å². The van der Waals surface area contributed by atoms with Gasteiger partial charge in [0.2, 0.25) is 0 Å². The minimum Gasteiger partial charge on any atom is -0.463 e. The van der Waals surface area contributed by atoms with E-state index in [0.29, 0.717) is 6.61 Å². The van der Waals surface area contributed by atoms with E-state index in [4.69, 9.17) is 4.74 Å². The van der Waals surface area contributed by atoms with Crippen molar-refractivity contribution in [2.45, 2.75) is 104 Å². The maximum Gasteiger partial charge on any atom is 0.330 e. The maximum absolute atomic E-state index is 11.4. The Balaban J connectivity index is 1.96. The van der Waals surface area contributed by atoms with Gasteiger partial charge in [-0.15, -0.1) is 0 Å². The van der Waals surface area contributed by atoms with Crippen LogP contribution in [-0.2, 0) is 9.53 Å². The highest BCUT2D eigenvalue weighted by Gasteiger charge is 1.97. The average molecular weight is 442 g/mol. The zero-order valence-electron chi connectivity index (χ0n) is 20.7. The summed E-state index contributed by atoms with van der Waals surface area (Å²) in [5, 5.41) is 3.49. The van der Waals surface area contributed by atoms with Crippen LogP contribution in [0, 0.1) is 0 Å². The van der Waals surface area contributed by atoms with Crippen LogP contribution in [0.2, 0.25) is 0 Å². The zero-order chi connectivity index (χ0) is 23.1. The second-order valence-corrected chi connectivity index (χ2v) is 8.58. The van der Waals surface area contributed by atoms with Crippen LogP contribution < -0.4 is 5.32 Å². The summed E-state index contributed by atoms with van der Waals surface area (Å²) in [7, 11) is 0. The molecular weight excluding hydrogens is 394 g/mol. The molecule has 0 heterocycles. The number of unbranched alkanes of at least 4 members (excludes halogenated alkanes) is 12. The fourth-order valence-corrected chi connectivity index (χ4v) is 3.71. The lowest BCUT2D eigenvalue weighted by Crippen LogP contribution is -2.01. The smallest absolute Gasteiger partial charge is 0.330 e. The second kappa shape index (κ2) is 20.8. The van der Waals surface area contributed by atoms with Crippen LogP contribution in [0.25, 0.3) is 6.08 Å². The summed E-state index contributed by atoms with van der Waals surface area (Å²) >= 11 is 0. The van der Waals surface area contributed by atoms with Gasteiger partial charge in [-0.3, -0.25) is 0 Å². The van der Waals surface area contributed by atoms with Gasteiger partial charge in [-0.25, -0.2) is 4.79 Å². The van der Waals surface area contributed by atoms with Gasteiger partial charge in [0.25, 0.3) is 0 Å². The van der Waals surface area contributed by atoms with E-state index in [9.17, 15) is 4.79 Å². The Hall–Kier alpha value is -2.03. The molecule has 0 spiro atoms. The van der Waals surface area contributed by atoms with Crippen molar-refractivity contribution in [2.75, 3.05) is 18.5 Å². The number of nitrogens with one attached hydrogen (secondary N) is 1. The van der Waals surface area contributed by atoms with E-state index >= 15 is 0 Å². The van der Waals surface area contributed by atoms with Crippen LogP contribution >= 0.6 is 0 Å². The average Bonchev–Trinajstić information content (AvgIpc) is 2.80. The van der Waals surface area contributed by atoms with Gasteiger partial charge >= 0.3 is 5.97 Å². The fourth-order valence-electron chi connectivity index (χ4n) is 3.71. The molecule has 0 aliphatic rings. The predicted molar refractivity (Wildman–Crippen MR) is 140 cm³/mol. The van der Waals surface area contributed by atoms with Gasteiger partial charge in [0, 0.05) is 18.3 Å². The molecule has 32 heavy (non-hydrogen) atoms. The molecule has 1 aromatic rings. The lowest BCUT2D eigenvalue weighted by atomic mass is 10.1. The number of hydrogen-bond acceptors (Lipinski definition) is 3. The van der Waals surface area contributed by atoms with Gasteiger partial charge in [-0.05, 0) is 62.8 Å². The number of hydrogen-bond donors (Lipinski definition) is 1. The summed E-state index contributed by atoms with van der Waals surface area (Å²) < 4.78 is 4.92. The number of carbonyl (C=O) groups excluding carboxylic acids is 1. The number of benzene rings is 1. The fraction of sp³-hybridized carbons (Fsp3) is 0.621. The molecule has 0 bridgehead atoms. The summed E-state index contributed by atoms with van der Waals surface area (Å²) in [5.74, 6) is -0.296. The Bertz CT molecular complexity index is 636. The summed E-state index contributed by atoms with van der Waals surface area (Å²) in [4.78, 5) is 11.4. The number of anilines is 1. The highest BCUT2D eigenvalue weighted by atomic mass is 16.5. The van der Waals surface area contributed by atoms with E-state index in [-0.39, 0.29) is 5.97 Å². The Morgan fingerprint density at radius 3 is 2.12 bits per heavy atom. The highest BCUT2D eigenvalue weighted by molar-refractivity contribution is 5.87. The first-order chi connectivity index (χ1) is 15.8. The molecule has 0 aliphatic heterocycles. The lowest BCUT2D eigenvalue weighted by molar-refractivity contribution is -0.137. The molecule has 0 saturated heterocycles. The van der Waals surface area contributed by atoms with Crippen LogP contribution in [0.15, 0.2) is 42.5 Å². The van der Waals surface area contributed by atoms with Crippen LogP contribution in [0.1, 0.15) is 109 Å². The Morgan fingerprint density at radius 2 is 1.47 bits per heavy atom. The first-order valence-electron chi connectivity index (χ1n) is 13.1. The van der Waals surface area contributed by atoms with E-state index in [2.05, 4.69) is 36.5 Å². The second-order valence-electron chi connectivity index (χ2n) is 8.58. The highest BCUT2D eigenvalue weighted by Crippen LogP contribution is 2.13. The monoisotopic (exact) mass is 441 g/mol. The standard InChI is InChI=1S/C29H47NO2/c1-3-5-6-7-8-9-10-11-12-13-14-15-16-17-18-19-25-30-28-22-20-21-27(26-28)23-24-29(31)32-4-2/h11-12,20-24,26,30H,3-10,13-19,25H2,1-2H3/b12-11+,24-23+. The number of rotatable bonds is 20. The van der Waals surface area contributed by atoms with Gasteiger partial charge in [0.1, 0.15) is 0 Å².